The number of carbonyl (C=O) groups excluding carboxylic acids is 1. The number of carbonyl (C=O) groups is 1. The van der Waals surface area contributed by atoms with Gasteiger partial charge in [0, 0.05) is 5.02 Å². The number of rotatable bonds is 3. The zero-order chi connectivity index (χ0) is 15.4. The molecular weight excluding hydrogens is 311 g/mol. The van der Waals surface area contributed by atoms with Crippen LogP contribution in [0.3, 0.4) is 0 Å². The summed E-state index contributed by atoms with van der Waals surface area (Å²) in [6, 6.07) is 10.3. The van der Waals surface area contributed by atoms with Crippen LogP contribution in [0.5, 0.6) is 5.75 Å². The van der Waals surface area contributed by atoms with E-state index in [1.54, 1.807) is 0 Å². The van der Waals surface area contributed by atoms with Crippen molar-refractivity contribution in [3.8, 4) is 5.75 Å². The van der Waals surface area contributed by atoms with E-state index >= 15 is 0 Å². The summed E-state index contributed by atoms with van der Waals surface area (Å²) >= 11 is 11.6. The normalized spacial score (nSPS) is 10.8. The summed E-state index contributed by atoms with van der Waals surface area (Å²) in [4.78, 5) is 11.9. The van der Waals surface area contributed by atoms with Crippen LogP contribution in [-0.2, 0) is 0 Å². The molecule has 2 N–H and O–H groups in total. The summed E-state index contributed by atoms with van der Waals surface area (Å²) in [6.45, 7) is 1.98. The highest BCUT2D eigenvalue weighted by atomic mass is 35.5. The number of aryl methyl sites for hydroxylation is 1. The Morgan fingerprint density at radius 1 is 1.24 bits per heavy atom. The predicted molar refractivity (Wildman–Crippen MR) is 84.4 cm³/mol. The molecule has 6 heteroatoms. The molecule has 108 valence electrons. The first-order valence-corrected chi connectivity index (χ1v) is 6.81. The SMILES string of the molecule is Cc1ccc(/C=N\NC(=O)c2cc(Cl)cc(Cl)c2O)cc1. The summed E-state index contributed by atoms with van der Waals surface area (Å²) in [5.41, 5.74) is 4.25. The maximum atomic E-state index is 11.9. The highest BCUT2D eigenvalue weighted by molar-refractivity contribution is 6.36. The summed E-state index contributed by atoms with van der Waals surface area (Å²) in [6.07, 6.45) is 1.50. The van der Waals surface area contributed by atoms with Gasteiger partial charge in [-0.1, -0.05) is 53.0 Å². The summed E-state index contributed by atoms with van der Waals surface area (Å²) in [5.74, 6) is -0.927. The van der Waals surface area contributed by atoms with Crippen LogP contribution in [0.1, 0.15) is 21.5 Å². The second-order valence-electron chi connectivity index (χ2n) is 4.39. The molecule has 1 amide bonds. The molecular formula is C15H12Cl2N2O2. The molecule has 0 atom stereocenters. The number of nitrogens with one attached hydrogen (secondary N) is 1. The summed E-state index contributed by atoms with van der Waals surface area (Å²) in [7, 11) is 0. The fourth-order valence-electron chi connectivity index (χ4n) is 1.62. The highest BCUT2D eigenvalue weighted by Crippen LogP contribution is 2.30. The van der Waals surface area contributed by atoms with Crippen molar-refractivity contribution in [3.63, 3.8) is 0 Å². The molecule has 0 unspecified atom stereocenters. The van der Waals surface area contributed by atoms with Crippen molar-refractivity contribution in [1.82, 2.24) is 5.43 Å². The van der Waals surface area contributed by atoms with Crippen molar-refractivity contribution in [2.75, 3.05) is 0 Å². The molecule has 0 fully saturated rings. The van der Waals surface area contributed by atoms with Crippen molar-refractivity contribution in [3.05, 3.63) is 63.1 Å². The number of amides is 1. The predicted octanol–water partition coefficient (Wildman–Crippen LogP) is 3.77. The number of halogens is 2. The van der Waals surface area contributed by atoms with Gasteiger partial charge in [-0.3, -0.25) is 4.79 Å². The highest BCUT2D eigenvalue weighted by Gasteiger charge is 2.14. The minimum Gasteiger partial charge on any atom is -0.506 e. The molecule has 0 aliphatic rings. The second-order valence-corrected chi connectivity index (χ2v) is 5.24. The molecule has 2 rings (SSSR count). The van der Waals surface area contributed by atoms with Crippen LogP contribution in [0.2, 0.25) is 10.0 Å². The van der Waals surface area contributed by atoms with E-state index in [0.29, 0.717) is 0 Å². The van der Waals surface area contributed by atoms with Gasteiger partial charge in [-0.05, 0) is 24.6 Å². The van der Waals surface area contributed by atoms with Crippen molar-refractivity contribution < 1.29 is 9.90 Å². The van der Waals surface area contributed by atoms with Crippen LogP contribution in [0.4, 0.5) is 0 Å². The maximum Gasteiger partial charge on any atom is 0.275 e. The fraction of sp³-hybridized carbons (Fsp3) is 0.0667. The summed E-state index contributed by atoms with van der Waals surface area (Å²) in [5, 5.41) is 13.8. The Bertz CT molecular complexity index is 698. The quantitative estimate of drug-likeness (QED) is 0.667. The lowest BCUT2D eigenvalue weighted by Crippen LogP contribution is -2.17. The van der Waals surface area contributed by atoms with Gasteiger partial charge >= 0.3 is 0 Å². The van der Waals surface area contributed by atoms with Gasteiger partial charge in [0.15, 0.2) is 0 Å². The number of aromatic hydroxyl groups is 1. The molecule has 21 heavy (non-hydrogen) atoms. The van der Waals surface area contributed by atoms with Crippen LogP contribution >= 0.6 is 23.2 Å². The number of nitrogens with zero attached hydrogens (tertiary/aromatic N) is 1. The molecule has 0 aromatic heterocycles. The number of hydrogen-bond donors (Lipinski definition) is 2. The zero-order valence-electron chi connectivity index (χ0n) is 11.1. The van der Waals surface area contributed by atoms with Gasteiger partial charge in [-0.15, -0.1) is 0 Å². The van der Waals surface area contributed by atoms with Gasteiger partial charge < -0.3 is 5.11 Å². The van der Waals surface area contributed by atoms with Crippen molar-refractivity contribution in [1.29, 1.82) is 0 Å². The lowest BCUT2D eigenvalue weighted by molar-refractivity contribution is 0.0952. The maximum absolute atomic E-state index is 11.9. The average molecular weight is 323 g/mol. The first kappa shape index (κ1) is 15.4. The number of phenols is 1. The van der Waals surface area contributed by atoms with E-state index in [1.165, 1.54) is 18.3 Å². The van der Waals surface area contributed by atoms with Crippen molar-refractivity contribution >= 4 is 35.3 Å². The molecule has 0 saturated heterocycles. The molecule has 2 aromatic rings. The van der Waals surface area contributed by atoms with Crippen LogP contribution < -0.4 is 5.43 Å². The Kier molecular flexibility index (Phi) is 4.83. The lowest BCUT2D eigenvalue weighted by atomic mass is 10.2. The lowest BCUT2D eigenvalue weighted by Gasteiger charge is -2.05. The Hall–Kier alpha value is -2.04. The monoisotopic (exact) mass is 322 g/mol. The van der Waals surface area contributed by atoms with E-state index in [-0.39, 0.29) is 21.4 Å². The topological polar surface area (TPSA) is 61.7 Å². The minimum atomic E-state index is -0.597. The Balaban J connectivity index is 2.10. The van der Waals surface area contributed by atoms with E-state index in [1.807, 2.05) is 31.2 Å². The van der Waals surface area contributed by atoms with E-state index in [4.69, 9.17) is 23.2 Å². The Labute approximate surface area is 132 Å². The average Bonchev–Trinajstić information content (AvgIpc) is 2.44. The van der Waals surface area contributed by atoms with Crippen molar-refractivity contribution in [2.45, 2.75) is 6.92 Å². The van der Waals surface area contributed by atoms with Gasteiger partial charge in [-0.25, -0.2) is 5.43 Å². The third kappa shape index (κ3) is 3.97. The fourth-order valence-corrected chi connectivity index (χ4v) is 2.11. The third-order valence-corrected chi connectivity index (χ3v) is 3.24. The van der Waals surface area contributed by atoms with Crippen LogP contribution in [0.15, 0.2) is 41.5 Å². The van der Waals surface area contributed by atoms with Gasteiger partial charge in [-0.2, -0.15) is 5.10 Å². The molecule has 0 radical (unpaired) electrons. The smallest absolute Gasteiger partial charge is 0.275 e. The van der Waals surface area contributed by atoms with Gasteiger partial charge in [0.25, 0.3) is 5.91 Å². The van der Waals surface area contributed by atoms with E-state index < -0.39 is 5.91 Å². The zero-order valence-corrected chi connectivity index (χ0v) is 12.6. The summed E-state index contributed by atoms with van der Waals surface area (Å²) < 4.78 is 0. The van der Waals surface area contributed by atoms with Gasteiger partial charge in [0.1, 0.15) is 5.75 Å². The van der Waals surface area contributed by atoms with Crippen LogP contribution in [-0.4, -0.2) is 17.2 Å². The van der Waals surface area contributed by atoms with Gasteiger partial charge in [0.2, 0.25) is 0 Å². The molecule has 0 heterocycles. The Morgan fingerprint density at radius 3 is 2.57 bits per heavy atom. The van der Waals surface area contributed by atoms with Crippen LogP contribution in [0.25, 0.3) is 0 Å². The Morgan fingerprint density at radius 2 is 1.90 bits per heavy atom. The van der Waals surface area contributed by atoms with Gasteiger partial charge in [0.05, 0.1) is 16.8 Å². The standard InChI is InChI=1S/C15H12Cl2N2O2/c1-9-2-4-10(5-3-9)8-18-19-15(21)12-6-11(16)7-13(17)14(12)20/h2-8,20H,1H3,(H,19,21)/b18-8-. The molecule has 0 aliphatic heterocycles. The van der Waals surface area contributed by atoms with E-state index in [9.17, 15) is 9.90 Å². The molecule has 2 aromatic carbocycles. The number of hydrogen-bond acceptors (Lipinski definition) is 3. The number of hydrazone groups is 1. The third-order valence-electron chi connectivity index (χ3n) is 2.73. The first-order valence-electron chi connectivity index (χ1n) is 6.05. The van der Waals surface area contributed by atoms with Crippen molar-refractivity contribution in [2.24, 2.45) is 5.10 Å². The first-order chi connectivity index (χ1) is 9.97. The van der Waals surface area contributed by atoms with E-state index in [2.05, 4.69) is 10.5 Å². The minimum absolute atomic E-state index is 0.00941. The largest absolute Gasteiger partial charge is 0.506 e. The molecule has 4 nitrogen and oxygen atoms in total. The number of benzene rings is 2. The molecule has 0 bridgehead atoms. The molecule has 0 spiro atoms. The van der Waals surface area contributed by atoms with Crippen LogP contribution in [0, 0.1) is 6.92 Å². The van der Waals surface area contributed by atoms with E-state index in [0.717, 1.165) is 11.1 Å². The number of phenolic OH excluding ortho intramolecular Hbond substituents is 1. The molecule has 0 saturated carbocycles. The molecule has 0 aliphatic carbocycles. The second kappa shape index (κ2) is 6.61.